The maximum atomic E-state index is 6.20. The van der Waals surface area contributed by atoms with Gasteiger partial charge in [0.05, 0.1) is 10.9 Å². The van der Waals surface area contributed by atoms with Crippen molar-refractivity contribution in [2.24, 2.45) is 5.73 Å². The van der Waals surface area contributed by atoms with Gasteiger partial charge in [0, 0.05) is 12.2 Å². The molecule has 0 saturated carbocycles. The Morgan fingerprint density at radius 2 is 2.22 bits per heavy atom. The van der Waals surface area contributed by atoms with Crippen LogP contribution < -0.4 is 5.73 Å². The number of nitrogens with two attached hydrogens (primary N) is 1. The molecule has 0 aromatic carbocycles. The van der Waals surface area contributed by atoms with Gasteiger partial charge < -0.3 is 5.73 Å². The lowest BCUT2D eigenvalue weighted by molar-refractivity contribution is 0.624. The predicted octanol–water partition coefficient (Wildman–Crippen LogP) is 2.81. The molecule has 2 aromatic heterocycles. The summed E-state index contributed by atoms with van der Waals surface area (Å²) < 4.78 is 0.951. The van der Waals surface area contributed by atoms with E-state index < -0.39 is 0 Å². The first kappa shape index (κ1) is 13.5. The highest BCUT2D eigenvalue weighted by molar-refractivity contribution is 8.01. The van der Waals surface area contributed by atoms with Gasteiger partial charge in [-0.05, 0) is 25.5 Å². The Bertz CT molecular complexity index is 486. The van der Waals surface area contributed by atoms with Crippen molar-refractivity contribution in [2.75, 3.05) is 0 Å². The van der Waals surface area contributed by atoms with Crippen molar-refractivity contribution in [2.45, 2.75) is 35.9 Å². The first-order chi connectivity index (χ1) is 8.70. The molecule has 6 heteroatoms. The third kappa shape index (κ3) is 3.28. The van der Waals surface area contributed by atoms with Gasteiger partial charge in [-0.25, -0.2) is 0 Å². The zero-order valence-electron chi connectivity index (χ0n) is 10.4. The summed E-state index contributed by atoms with van der Waals surface area (Å²) in [5.41, 5.74) is 7.20. The number of pyridine rings is 1. The summed E-state index contributed by atoms with van der Waals surface area (Å²) in [6.07, 6.45) is 2.71. The monoisotopic (exact) mass is 280 g/mol. The molecule has 0 aliphatic heterocycles. The molecule has 0 saturated heterocycles. The molecular formula is C12H16N4S2. The first-order valence-electron chi connectivity index (χ1n) is 5.84. The van der Waals surface area contributed by atoms with Crippen LogP contribution in [0.3, 0.4) is 0 Å². The normalized spacial score (nSPS) is 14.4. The van der Waals surface area contributed by atoms with Gasteiger partial charge in [0.1, 0.15) is 5.01 Å². The summed E-state index contributed by atoms with van der Waals surface area (Å²) in [5, 5.41) is 9.28. The highest BCUT2D eigenvalue weighted by Crippen LogP contribution is 2.38. The highest BCUT2D eigenvalue weighted by atomic mass is 32.2. The van der Waals surface area contributed by atoms with Crippen LogP contribution in [0.5, 0.6) is 0 Å². The van der Waals surface area contributed by atoms with E-state index in [1.54, 1.807) is 29.3 Å². The average molecular weight is 280 g/mol. The van der Waals surface area contributed by atoms with E-state index in [0.29, 0.717) is 0 Å². The minimum Gasteiger partial charge on any atom is -0.326 e. The molecule has 2 N–H and O–H groups in total. The van der Waals surface area contributed by atoms with Gasteiger partial charge in [-0.3, -0.25) is 4.98 Å². The van der Waals surface area contributed by atoms with Crippen LogP contribution in [0.4, 0.5) is 0 Å². The van der Waals surface area contributed by atoms with Crippen molar-refractivity contribution in [3.8, 4) is 0 Å². The molecule has 2 unspecified atom stereocenters. The fourth-order valence-corrected chi connectivity index (χ4v) is 3.77. The number of aryl methyl sites for hydroxylation is 1. The van der Waals surface area contributed by atoms with Gasteiger partial charge in [0.15, 0.2) is 4.34 Å². The quantitative estimate of drug-likeness (QED) is 0.853. The van der Waals surface area contributed by atoms with Crippen LogP contribution in [-0.4, -0.2) is 21.2 Å². The van der Waals surface area contributed by atoms with Crippen molar-refractivity contribution in [3.63, 3.8) is 0 Å². The summed E-state index contributed by atoms with van der Waals surface area (Å²) in [6.45, 7) is 4.05. The van der Waals surface area contributed by atoms with E-state index in [2.05, 4.69) is 22.1 Å². The summed E-state index contributed by atoms with van der Waals surface area (Å²) >= 11 is 3.25. The molecule has 4 nitrogen and oxygen atoms in total. The highest BCUT2D eigenvalue weighted by Gasteiger charge is 2.22. The first-order valence-corrected chi connectivity index (χ1v) is 7.53. The van der Waals surface area contributed by atoms with Crippen molar-refractivity contribution in [1.29, 1.82) is 0 Å². The predicted molar refractivity (Wildman–Crippen MR) is 75.7 cm³/mol. The molecule has 0 bridgehead atoms. The average Bonchev–Trinajstić information content (AvgIpc) is 2.82. The molecule has 2 heterocycles. The van der Waals surface area contributed by atoms with Crippen molar-refractivity contribution in [1.82, 2.24) is 15.2 Å². The zero-order chi connectivity index (χ0) is 13.0. The number of hydrogen-bond acceptors (Lipinski definition) is 6. The Balaban J connectivity index is 2.21. The molecule has 96 valence electrons. The maximum Gasteiger partial charge on any atom is 0.175 e. The Morgan fingerprint density at radius 3 is 2.78 bits per heavy atom. The Labute approximate surface area is 115 Å². The Kier molecular flexibility index (Phi) is 4.68. The summed E-state index contributed by atoms with van der Waals surface area (Å²) in [7, 11) is 0. The van der Waals surface area contributed by atoms with E-state index in [9.17, 15) is 0 Å². The van der Waals surface area contributed by atoms with Gasteiger partial charge in [-0.15, -0.1) is 10.2 Å². The molecule has 0 amide bonds. The van der Waals surface area contributed by atoms with E-state index in [0.717, 1.165) is 21.5 Å². The molecule has 2 rings (SSSR count). The van der Waals surface area contributed by atoms with Crippen LogP contribution in [0.1, 0.15) is 29.3 Å². The second kappa shape index (κ2) is 6.26. The van der Waals surface area contributed by atoms with Gasteiger partial charge in [-0.2, -0.15) is 0 Å². The van der Waals surface area contributed by atoms with Crippen molar-refractivity contribution < 1.29 is 0 Å². The fourth-order valence-electron chi connectivity index (χ4n) is 1.56. The largest absolute Gasteiger partial charge is 0.326 e. The molecule has 0 aliphatic rings. The molecule has 18 heavy (non-hydrogen) atoms. The lowest BCUT2D eigenvalue weighted by atomic mass is 10.1. The van der Waals surface area contributed by atoms with Crippen LogP contribution in [0.15, 0.2) is 28.7 Å². The summed E-state index contributed by atoms with van der Waals surface area (Å²) in [6, 6.07) is 5.98. The number of hydrogen-bond donors (Lipinski definition) is 1. The summed E-state index contributed by atoms with van der Waals surface area (Å²) in [4.78, 5) is 4.41. The minimum absolute atomic E-state index is 0.0640. The van der Waals surface area contributed by atoms with Crippen molar-refractivity contribution in [3.05, 3.63) is 35.1 Å². The van der Waals surface area contributed by atoms with Crippen LogP contribution >= 0.6 is 23.1 Å². The molecule has 2 atom stereocenters. The standard InChI is InChI=1S/C12H16N4S2/c1-3-9(13)11(10-6-4-5-7-14-10)18-12-16-15-8(2)17-12/h4-7,9,11H,3,13H2,1-2H3. The number of nitrogens with zero attached hydrogens (tertiary/aromatic N) is 3. The topological polar surface area (TPSA) is 64.7 Å². The van der Waals surface area contributed by atoms with Crippen LogP contribution in [0, 0.1) is 6.92 Å². The smallest absolute Gasteiger partial charge is 0.175 e. The van der Waals surface area contributed by atoms with Crippen LogP contribution in [-0.2, 0) is 0 Å². The third-order valence-electron chi connectivity index (χ3n) is 2.57. The number of aromatic nitrogens is 3. The second-order valence-electron chi connectivity index (χ2n) is 3.95. The fraction of sp³-hybridized carbons (Fsp3) is 0.417. The molecule has 2 aromatic rings. The number of thioether (sulfide) groups is 1. The van der Waals surface area contributed by atoms with E-state index >= 15 is 0 Å². The third-order valence-corrected chi connectivity index (χ3v) is 4.88. The minimum atomic E-state index is 0.0640. The summed E-state index contributed by atoms with van der Waals surface area (Å²) in [5.74, 6) is 0. The van der Waals surface area contributed by atoms with Gasteiger partial charge in [0.25, 0.3) is 0 Å². The van der Waals surface area contributed by atoms with E-state index in [1.165, 1.54) is 0 Å². The van der Waals surface area contributed by atoms with Crippen LogP contribution in [0.2, 0.25) is 0 Å². The Hall–Kier alpha value is -0.980. The van der Waals surface area contributed by atoms with E-state index in [-0.39, 0.29) is 11.3 Å². The lowest BCUT2D eigenvalue weighted by Crippen LogP contribution is -2.26. The second-order valence-corrected chi connectivity index (χ2v) is 6.52. The van der Waals surface area contributed by atoms with E-state index in [1.807, 2.05) is 25.1 Å². The molecule has 0 spiro atoms. The lowest BCUT2D eigenvalue weighted by Gasteiger charge is -2.20. The molecule has 0 radical (unpaired) electrons. The van der Waals surface area contributed by atoms with Crippen molar-refractivity contribution >= 4 is 23.1 Å². The SMILES string of the molecule is CCC(N)C(Sc1nnc(C)s1)c1ccccn1. The molecule has 0 aliphatic carbocycles. The van der Waals surface area contributed by atoms with Crippen LogP contribution in [0.25, 0.3) is 0 Å². The number of rotatable bonds is 5. The molecule has 0 fully saturated rings. The zero-order valence-corrected chi connectivity index (χ0v) is 12.0. The molecular weight excluding hydrogens is 264 g/mol. The Morgan fingerprint density at radius 1 is 1.39 bits per heavy atom. The maximum absolute atomic E-state index is 6.20. The van der Waals surface area contributed by atoms with Gasteiger partial charge in [-0.1, -0.05) is 36.1 Å². The van der Waals surface area contributed by atoms with Gasteiger partial charge >= 0.3 is 0 Å². The van der Waals surface area contributed by atoms with Gasteiger partial charge in [0.2, 0.25) is 0 Å². The van der Waals surface area contributed by atoms with E-state index in [4.69, 9.17) is 5.73 Å².